The van der Waals surface area contributed by atoms with Crippen LogP contribution in [-0.4, -0.2) is 40.0 Å². The van der Waals surface area contributed by atoms with Gasteiger partial charge in [-0.25, -0.2) is 8.42 Å². The zero-order valence-electron chi connectivity index (χ0n) is 10.1. The lowest BCUT2D eigenvalue weighted by molar-refractivity contribution is 0.185. The standard InChI is InChI=1S/C10H16ClNO3S2/c1-8-6-10(16-9(8)7-11)17(13,14)12(2)4-5-15-3/h6H,4-5,7H2,1-3H3. The summed E-state index contributed by atoms with van der Waals surface area (Å²) in [5.41, 5.74) is 0.920. The number of likely N-dealkylation sites (N-methyl/N-ethyl adjacent to an activating group) is 1. The van der Waals surface area contributed by atoms with E-state index in [1.165, 1.54) is 15.6 Å². The Kier molecular flexibility index (Phi) is 5.40. The highest BCUT2D eigenvalue weighted by Gasteiger charge is 2.23. The first kappa shape index (κ1) is 14.9. The second-order valence-corrected chi connectivity index (χ2v) is 7.30. The molecule has 1 aromatic rings. The molecule has 0 radical (unpaired) electrons. The molecule has 0 fully saturated rings. The van der Waals surface area contributed by atoms with Crippen LogP contribution >= 0.6 is 22.9 Å². The number of ether oxygens (including phenoxy) is 1. The molecule has 7 heteroatoms. The molecular formula is C10H16ClNO3S2. The van der Waals surface area contributed by atoms with Crippen molar-refractivity contribution in [1.82, 2.24) is 4.31 Å². The summed E-state index contributed by atoms with van der Waals surface area (Å²) in [6.45, 7) is 2.58. The SMILES string of the molecule is COCCN(C)S(=O)(=O)c1cc(C)c(CCl)s1. The van der Waals surface area contributed by atoms with Crippen molar-refractivity contribution in [3.63, 3.8) is 0 Å². The molecule has 0 saturated carbocycles. The maximum Gasteiger partial charge on any atom is 0.252 e. The van der Waals surface area contributed by atoms with Crippen molar-refractivity contribution in [3.8, 4) is 0 Å². The van der Waals surface area contributed by atoms with Gasteiger partial charge in [-0.3, -0.25) is 0 Å². The van der Waals surface area contributed by atoms with Gasteiger partial charge in [-0.15, -0.1) is 22.9 Å². The van der Waals surface area contributed by atoms with E-state index in [9.17, 15) is 8.42 Å². The van der Waals surface area contributed by atoms with Crippen LogP contribution in [0, 0.1) is 6.92 Å². The monoisotopic (exact) mass is 297 g/mol. The molecule has 98 valence electrons. The lowest BCUT2D eigenvalue weighted by Gasteiger charge is -2.15. The Morgan fingerprint density at radius 2 is 2.18 bits per heavy atom. The highest BCUT2D eigenvalue weighted by Crippen LogP contribution is 2.28. The summed E-state index contributed by atoms with van der Waals surface area (Å²) in [6, 6.07) is 1.67. The topological polar surface area (TPSA) is 46.6 Å². The normalized spacial score (nSPS) is 12.3. The van der Waals surface area contributed by atoms with Crippen molar-refractivity contribution in [3.05, 3.63) is 16.5 Å². The average molecular weight is 298 g/mol. The summed E-state index contributed by atoms with van der Waals surface area (Å²) in [5, 5.41) is 0. The summed E-state index contributed by atoms with van der Waals surface area (Å²) >= 11 is 6.97. The number of thiophene rings is 1. The Morgan fingerprint density at radius 1 is 1.53 bits per heavy atom. The number of halogens is 1. The summed E-state index contributed by atoms with van der Waals surface area (Å²) in [6.07, 6.45) is 0. The molecule has 0 amide bonds. The van der Waals surface area contributed by atoms with Gasteiger partial charge in [0.15, 0.2) is 0 Å². The maximum absolute atomic E-state index is 12.2. The van der Waals surface area contributed by atoms with Crippen molar-refractivity contribution < 1.29 is 13.2 Å². The first-order chi connectivity index (χ1) is 7.93. The Morgan fingerprint density at radius 3 is 2.65 bits per heavy atom. The lowest BCUT2D eigenvalue weighted by Crippen LogP contribution is -2.29. The van der Waals surface area contributed by atoms with E-state index in [4.69, 9.17) is 16.3 Å². The van der Waals surface area contributed by atoms with Crippen molar-refractivity contribution in [2.75, 3.05) is 27.3 Å². The minimum atomic E-state index is -3.41. The van der Waals surface area contributed by atoms with E-state index in [-0.39, 0.29) is 0 Å². The number of alkyl halides is 1. The molecule has 0 saturated heterocycles. The van der Waals surface area contributed by atoms with E-state index in [2.05, 4.69) is 0 Å². The third kappa shape index (κ3) is 3.42. The van der Waals surface area contributed by atoms with Crippen LogP contribution in [0.2, 0.25) is 0 Å². The molecule has 0 aromatic carbocycles. The van der Waals surface area contributed by atoms with Gasteiger partial charge in [-0.2, -0.15) is 4.31 Å². The number of methoxy groups -OCH3 is 1. The van der Waals surface area contributed by atoms with Crippen molar-refractivity contribution >= 4 is 33.0 Å². The molecule has 0 spiro atoms. The molecular weight excluding hydrogens is 282 g/mol. The molecule has 0 aliphatic heterocycles. The molecule has 0 bridgehead atoms. The van der Waals surface area contributed by atoms with Gasteiger partial charge < -0.3 is 4.74 Å². The van der Waals surface area contributed by atoms with Crippen LogP contribution in [0.4, 0.5) is 0 Å². The Balaban J connectivity index is 2.96. The third-order valence-electron chi connectivity index (χ3n) is 2.39. The molecule has 1 heterocycles. The van der Waals surface area contributed by atoms with Gasteiger partial charge in [-0.05, 0) is 18.6 Å². The molecule has 1 aromatic heterocycles. The number of hydrogen-bond acceptors (Lipinski definition) is 4. The van der Waals surface area contributed by atoms with Gasteiger partial charge in [0.1, 0.15) is 4.21 Å². The smallest absolute Gasteiger partial charge is 0.252 e. The fourth-order valence-electron chi connectivity index (χ4n) is 1.24. The molecule has 1 rings (SSSR count). The zero-order chi connectivity index (χ0) is 13.1. The maximum atomic E-state index is 12.2. The van der Waals surface area contributed by atoms with Gasteiger partial charge in [0.05, 0.1) is 12.5 Å². The molecule has 0 unspecified atom stereocenters. The van der Waals surface area contributed by atoms with E-state index in [1.54, 1.807) is 20.2 Å². The summed E-state index contributed by atoms with van der Waals surface area (Å²) < 4.78 is 30.8. The summed E-state index contributed by atoms with van der Waals surface area (Å²) in [5.74, 6) is 0.341. The molecule has 17 heavy (non-hydrogen) atoms. The van der Waals surface area contributed by atoms with Crippen LogP contribution in [0.1, 0.15) is 10.4 Å². The third-order valence-corrected chi connectivity index (χ3v) is 6.36. The van der Waals surface area contributed by atoms with E-state index >= 15 is 0 Å². The highest BCUT2D eigenvalue weighted by molar-refractivity contribution is 7.91. The molecule has 0 aliphatic carbocycles. The molecule has 0 N–H and O–H groups in total. The van der Waals surface area contributed by atoms with Crippen LogP contribution in [-0.2, 0) is 20.6 Å². The van der Waals surface area contributed by atoms with Crippen LogP contribution in [0.5, 0.6) is 0 Å². The van der Waals surface area contributed by atoms with Crippen LogP contribution in [0.15, 0.2) is 10.3 Å². The van der Waals surface area contributed by atoms with Gasteiger partial charge in [0, 0.05) is 25.6 Å². The predicted octanol–water partition coefficient (Wildman–Crippen LogP) is 2.06. The predicted molar refractivity (Wildman–Crippen MR) is 70.3 cm³/mol. The van der Waals surface area contributed by atoms with E-state index in [0.717, 1.165) is 10.4 Å². The molecule has 0 atom stereocenters. The fourth-order valence-corrected chi connectivity index (χ4v) is 4.42. The number of nitrogens with zero attached hydrogens (tertiary/aromatic N) is 1. The number of hydrogen-bond donors (Lipinski definition) is 0. The Hall–Kier alpha value is -0.140. The largest absolute Gasteiger partial charge is 0.383 e. The first-order valence-electron chi connectivity index (χ1n) is 5.04. The van der Waals surface area contributed by atoms with E-state index < -0.39 is 10.0 Å². The second-order valence-electron chi connectivity index (χ2n) is 3.62. The van der Waals surface area contributed by atoms with Gasteiger partial charge in [-0.1, -0.05) is 0 Å². The summed E-state index contributed by atoms with van der Waals surface area (Å²) in [4.78, 5) is 0.894. The first-order valence-corrected chi connectivity index (χ1v) is 7.83. The van der Waals surface area contributed by atoms with Crippen LogP contribution in [0.25, 0.3) is 0 Å². The number of rotatable bonds is 6. The number of sulfonamides is 1. The molecule has 0 aliphatic rings. The zero-order valence-corrected chi connectivity index (χ0v) is 12.5. The minimum Gasteiger partial charge on any atom is -0.383 e. The van der Waals surface area contributed by atoms with Crippen molar-refractivity contribution in [2.24, 2.45) is 0 Å². The van der Waals surface area contributed by atoms with Crippen molar-refractivity contribution in [1.29, 1.82) is 0 Å². The van der Waals surface area contributed by atoms with E-state index in [0.29, 0.717) is 23.2 Å². The molecule has 4 nitrogen and oxygen atoms in total. The summed E-state index contributed by atoms with van der Waals surface area (Å²) in [7, 11) is -0.321. The highest BCUT2D eigenvalue weighted by atomic mass is 35.5. The average Bonchev–Trinajstić information content (AvgIpc) is 2.67. The Labute approximate surface area is 111 Å². The van der Waals surface area contributed by atoms with Gasteiger partial charge in [0.2, 0.25) is 0 Å². The van der Waals surface area contributed by atoms with Crippen molar-refractivity contribution in [2.45, 2.75) is 17.0 Å². The quantitative estimate of drug-likeness (QED) is 0.755. The van der Waals surface area contributed by atoms with Gasteiger partial charge in [0.25, 0.3) is 10.0 Å². The van der Waals surface area contributed by atoms with Crippen LogP contribution in [0.3, 0.4) is 0 Å². The van der Waals surface area contributed by atoms with E-state index in [1.807, 2.05) is 6.92 Å². The lowest BCUT2D eigenvalue weighted by atomic mass is 10.3. The Bertz CT molecular complexity index is 470. The number of aryl methyl sites for hydroxylation is 1. The van der Waals surface area contributed by atoms with Crippen LogP contribution < -0.4 is 0 Å². The van der Waals surface area contributed by atoms with Gasteiger partial charge >= 0.3 is 0 Å². The minimum absolute atomic E-state index is 0.337. The fraction of sp³-hybridized carbons (Fsp3) is 0.600. The second kappa shape index (κ2) is 6.15.